The number of carbonyl (C=O) groups is 1. The van der Waals surface area contributed by atoms with E-state index in [4.69, 9.17) is 4.42 Å². The van der Waals surface area contributed by atoms with Gasteiger partial charge in [0.05, 0.1) is 5.75 Å². The molecule has 0 N–H and O–H groups in total. The van der Waals surface area contributed by atoms with Crippen molar-refractivity contribution in [2.45, 2.75) is 50.9 Å². The van der Waals surface area contributed by atoms with Gasteiger partial charge in [0.2, 0.25) is 11.8 Å². The second-order valence-corrected chi connectivity index (χ2v) is 8.29. The Hall–Kier alpha value is -2.60. The summed E-state index contributed by atoms with van der Waals surface area (Å²) >= 11 is 1.30. The molecule has 1 heterocycles. The molecule has 0 radical (unpaired) electrons. The van der Waals surface area contributed by atoms with Gasteiger partial charge in [-0.2, -0.15) is 0 Å². The number of aromatic nitrogens is 2. The first kappa shape index (κ1) is 21.1. The lowest BCUT2D eigenvalue weighted by atomic mass is 9.98. The van der Waals surface area contributed by atoms with Crippen molar-refractivity contribution in [3.05, 3.63) is 77.7 Å². The third-order valence-electron chi connectivity index (χ3n) is 4.76. The van der Waals surface area contributed by atoms with E-state index in [-0.39, 0.29) is 17.7 Å². The highest BCUT2D eigenvalue weighted by atomic mass is 32.2. The maximum Gasteiger partial charge on any atom is 0.277 e. The largest absolute Gasteiger partial charge is 0.416 e. The Balaban J connectivity index is 1.54. The molecule has 1 aromatic heterocycles. The zero-order valence-electron chi connectivity index (χ0n) is 17.1. The Morgan fingerprint density at radius 3 is 2.31 bits per heavy atom. The molecular weight excluding hydrogens is 382 g/mol. The highest BCUT2D eigenvalue weighted by Crippen LogP contribution is 2.23. The molecule has 0 aliphatic heterocycles. The summed E-state index contributed by atoms with van der Waals surface area (Å²) in [7, 11) is 0. The van der Waals surface area contributed by atoms with Crippen LogP contribution >= 0.6 is 11.8 Å². The van der Waals surface area contributed by atoms with Crippen LogP contribution in [-0.4, -0.2) is 32.8 Å². The molecule has 3 rings (SSSR count). The summed E-state index contributed by atoms with van der Waals surface area (Å²) in [5, 5.41) is 8.69. The number of thioether (sulfide) groups is 1. The quantitative estimate of drug-likeness (QED) is 0.468. The van der Waals surface area contributed by atoms with Crippen molar-refractivity contribution in [1.82, 2.24) is 15.1 Å². The van der Waals surface area contributed by atoms with Gasteiger partial charge in [-0.15, -0.1) is 10.2 Å². The number of amides is 1. The van der Waals surface area contributed by atoms with Crippen LogP contribution in [0.1, 0.15) is 43.7 Å². The van der Waals surface area contributed by atoms with Gasteiger partial charge in [0, 0.05) is 19.0 Å². The molecule has 0 saturated carbocycles. The molecule has 2 aromatic carbocycles. The highest BCUT2D eigenvalue weighted by molar-refractivity contribution is 7.99. The molecule has 1 amide bonds. The van der Waals surface area contributed by atoms with Crippen LogP contribution in [0.25, 0.3) is 0 Å². The maximum atomic E-state index is 12.7. The summed E-state index contributed by atoms with van der Waals surface area (Å²) in [6.45, 7) is 6.80. The molecule has 0 aliphatic carbocycles. The molecule has 0 aliphatic rings. The fraction of sp³-hybridized carbons (Fsp3) is 0.348. The van der Waals surface area contributed by atoms with Crippen molar-refractivity contribution in [3.8, 4) is 0 Å². The SMILES string of the molecule is CC(Cc1nnc(SCC(=O)N(Cc2ccccc2)C(C)C)o1)c1ccccc1. The molecule has 0 spiro atoms. The summed E-state index contributed by atoms with van der Waals surface area (Å²) in [6, 6.07) is 20.4. The Bertz CT molecular complexity index is 897. The third kappa shape index (κ3) is 6.19. The first-order chi connectivity index (χ1) is 14.0. The number of rotatable bonds is 9. The van der Waals surface area contributed by atoms with Gasteiger partial charge < -0.3 is 9.32 Å². The van der Waals surface area contributed by atoms with Gasteiger partial charge in [0.1, 0.15) is 0 Å². The van der Waals surface area contributed by atoms with E-state index < -0.39 is 0 Å². The Morgan fingerprint density at radius 1 is 1.00 bits per heavy atom. The minimum atomic E-state index is 0.0613. The normalized spacial score (nSPS) is 12.1. The van der Waals surface area contributed by atoms with Crippen LogP contribution in [0.2, 0.25) is 0 Å². The lowest BCUT2D eigenvalue weighted by Gasteiger charge is -2.26. The average Bonchev–Trinajstić information content (AvgIpc) is 3.18. The van der Waals surface area contributed by atoms with Gasteiger partial charge in [0.25, 0.3) is 5.22 Å². The Morgan fingerprint density at radius 2 is 1.66 bits per heavy atom. The van der Waals surface area contributed by atoms with E-state index >= 15 is 0 Å². The molecule has 6 heteroatoms. The fourth-order valence-electron chi connectivity index (χ4n) is 3.09. The number of nitrogens with zero attached hydrogens (tertiary/aromatic N) is 3. The molecule has 5 nitrogen and oxygen atoms in total. The van der Waals surface area contributed by atoms with Gasteiger partial charge in [-0.25, -0.2) is 0 Å². The fourth-order valence-corrected chi connectivity index (χ4v) is 3.75. The Labute approximate surface area is 176 Å². The molecule has 1 unspecified atom stereocenters. The lowest BCUT2D eigenvalue weighted by molar-refractivity contribution is -0.130. The second-order valence-electron chi connectivity index (χ2n) is 7.37. The number of hydrogen-bond donors (Lipinski definition) is 0. The van der Waals surface area contributed by atoms with E-state index in [2.05, 4.69) is 29.3 Å². The van der Waals surface area contributed by atoms with Gasteiger partial charge in [-0.1, -0.05) is 79.3 Å². The van der Waals surface area contributed by atoms with Crippen LogP contribution in [0.5, 0.6) is 0 Å². The van der Waals surface area contributed by atoms with Gasteiger partial charge >= 0.3 is 0 Å². The first-order valence-corrected chi connectivity index (χ1v) is 10.8. The molecule has 152 valence electrons. The lowest BCUT2D eigenvalue weighted by Crippen LogP contribution is -2.37. The van der Waals surface area contributed by atoms with E-state index in [1.54, 1.807) is 0 Å². The van der Waals surface area contributed by atoms with Crippen molar-refractivity contribution in [1.29, 1.82) is 0 Å². The molecule has 29 heavy (non-hydrogen) atoms. The Kier molecular flexibility index (Phi) is 7.47. The standard InChI is InChI=1S/C23H27N3O2S/c1-17(2)26(15-19-10-6-4-7-11-19)22(27)16-29-23-25-24-21(28-23)14-18(3)20-12-8-5-9-13-20/h4-13,17-18H,14-16H2,1-3H3. The molecule has 1 atom stereocenters. The molecule has 0 bridgehead atoms. The van der Waals surface area contributed by atoms with Crippen LogP contribution < -0.4 is 0 Å². The third-order valence-corrected chi connectivity index (χ3v) is 5.56. The monoisotopic (exact) mass is 409 g/mol. The summed E-state index contributed by atoms with van der Waals surface area (Å²) in [4.78, 5) is 14.6. The van der Waals surface area contributed by atoms with Crippen molar-refractivity contribution < 1.29 is 9.21 Å². The van der Waals surface area contributed by atoms with Crippen LogP contribution in [0.15, 0.2) is 70.3 Å². The van der Waals surface area contributed by atoms with Crippen molar-refractivity contribution in [3.63, 3.8) is 0 Å². The minimum Gasteiger partial charge on any atom is -0.416 e. The van der Waals surface area contributed by atoms with E-state index in [1.807, 2.05) is 67.3 Å². The van der Waals surface area contributed by atoms with Gasteiger partial charge in [-0.05, 0) is 30.9 Å². The molecule has 0 fully saturated rings. The highest BCUT2D eigenvalue weighted by Gasteiger charge is 2.19. The van der Waals surface area contributed by atoms with Crippen molar-refractivity contribution in [2.75, 3.05) is 5.75 Å². The summed E-state index contributed by atoms with van der Waals surface area (Å²) in [5.41, 5.74) is 2.36. The number of hydrogen-bond acceptors (Lipinski definition) is 5. The predicted octanol–water partition coefficient (Wildman–Crippen LogP) is 4.95. The number of carbonyl (C=O) groups excluding carboxylic acids is 1. The van der Waals surface area contributed by atoms with Crippen molar-refractivity contribution >= 4 is 17.7 Å². The van der Waals surface area contributed by atoms with E-state index in [0.29, 0.717) is 30.0 Å². The average molecular weight is 410 g/mol. The van der Waals surface area contributed by atoms with Crippen LogP contribution in [0.3, 0.4) is 0 Å². The van der Waals surface area contributed by atoms with Crippen molar-refractivity contribution in [2.24, 2.45) is 0 Å². The van der Waals surface area contributed by atoms with Crippen LogP contribution in [0.4, 0.5) is 0 Å². The zero-order valence-corrected chi connectivity index (χ0v) is 17.9. The van der Waals surface area contributed by atoms with Gasteiger partial charge in [-0.3, -0.25) is 4.79 Å². The predicted molar refractivity (Wildman–Crippen MR) is 116 cm³/mol. The second kappa shape index (κ2) is 10.3. The minimum absolute atomic E-state index is 0.0613. The van der Waals surface area contributed by atoms with Crippen LogP contribution in [0, 0.1) is 0 Å². The van der Waals surface area contributed by atoms with Gasteiger partial charge in [0.15, 0.2) is 0 Å². The first-order valence-electron chi connectivity index (χ1n) is 9.86. The topological polar surface area (TPSA) is 59.2 Å². The zero-order chi connectivity index (χ0) is 20.6. The van der Waals surface area contributed by atoms with Crippen LogP contribution in [-0.2, 0) is 17.8 Å². The molecular formula is C23H27N3O2S. The molecule has 3 aromatic rings. The molecule has 0 saturated heterocycles. The summed E-state index contributed by atoms with van der Waals surface area (Å²) < 4.78 is 5.75. The van der Waals surface area contributed by atoms with E-state index in [1.165, 1.54) is 17.3 Å². The summed E-state index contributed by atoms with van der Waals surface area (Å²) in [6.07, 6.45) is 0.678. The number of benzene rings is 2. The smallest absolute Gasteiger partial charge is 0.277 e. The maximum absolute atomic E-state index is 12.7. The van der Waals surface area contributed by atoms with E-state index in [9.17, 15) is 4.79 Å². The van der Waals surface area contributed by atoms with E-state index in [0.717, 1.165) is 5.56 Å². The summed E-state index contributed by atoms with van der Waals surface area (Å²) in [5.74, 6) is 1.23.